The molecule has 0 unspecified atom stereocenters. The average molecular weight is 485 g/mol. The maximum Gasteiger partial charge on any atom is 0.185 e. The van der Waals surface area contributed by atoms with Crippen molar-refractivity contribution in [1.29, 1.82) is 0 Å². The van der Waals surface area contributed by atoms with Crippen molar-refractivity contribution in [2.75, 3.05) is 0 Å². The Morgan fingerprint density at radius 3 is 1.59 bits per heavy atom. The molecule has 2 aromatic rings. The van der Waals surface area contributed by atoms with Gasteiger partial charge in [-0.15, -0.1) is 12.4 Å². The Morgan fingerprint density at radius 2 is 1.21 bits per heavy atom. The van der Waals surface area contributed by atoms with Crippen LogP contribution in [0.3, 0.4) is 0 Å². The van der Waals surface area contributed by atoms with Crippen LogP contribution in [0.2, 0.25) is 0 Å². The Kier molecular flexibility index (Phi) is 10.4. The van der Waals surface area contributed by atoms with Gasteiger partial charge in [-0.25, -0.2) is 0 Å². The molecule has 34 heavy (non-hydrogen) atoms. The second kappa shape index (κ2) is 12.7. The number of hydrogen-bond acceptors (Lipinski definition) is 5. The summed E-state index contributed by atoms with van der Waals surface area (Å²) >= 11 is 0. The number of benzene rings is 2. The molecule has 1 saturated carbocycles. The van der Waals surface area contributed by atoms with E-state index in [1.807, 2.05) is 36.4 Å². The first kappa shape index (κ1) is 27.6. The highest BCUT2D eigenvalue weighted by Gasteiger charge is 2.21. The Labute approximate surface area is 209 Å². The van der Waals surface area contributed by atoms with E-state index in [-0.39, 0.29) is 29.7 Å². The number of allylic oxidation sites excluding steroid dienone is 2. The normalized spacial score (nSPS) is 16.5. The molecule has 3 rings (SSSR count). The molecule has 0 aliphatic heterocycles. The number of carbonyl (C=O) groups excluding carboxylic acids is 1. The van der Waals surface area contributed by atoms with Crippen molar-refractivity contribution in [2.24, 2.45) is 0 Å². The van der Waals surface area contributed by atoms with Gasteiger partial charge in [-0.05, 0) is 66.8 Å². The van der Waals surface area contributed by atoms with Gasteiger partial charge in [0, 0.05) is 47.4 Å². The summed E-state index contributed by atoms with van der Waals surface area (Å²) in [5, 5.41) is 27.0. The number of aromatic hydroxyl groups is 2. The van der Waals surface area contributed by atoms with Crippen LogP contribution in [0.4, 0.5) is 0 Å². The summed E-state index contributed by atoms with van der Waals surface area (Å²) in [6, 6.07) is 11.6. The first-order chi connectivity index (χ1) is 15.7. The predicted octanol–water partition coefficient (Wildman–Crippen LogP) is 5.74. The summed E-state index contributed by atoms with van der Waals surface area (Å²) < 4.78 is 0. The SMILES string of the molecule is CC(C)NCc1cc(/C=C2\CCC/C(=C\c3ccc(O)c(CNC(C)C)c3)C2=O)ccc1O.Cl. The van der Waals surface area contributed by atoms with E-state index < -0.39 is 0 Å². The van der Waals surface area contributed by atoms with Crippen LogP contribution in [-0.4, -0.2) is 28.1 Å². The first-order valence-electron chi connectivity index (χ1n) is 11.8. The zero-order valence-electron chi connectivity index (χ0n) is 20.5. The molecule has 6 heteroatoms. The van der Waals surface area contributed by atoms with Crippen molar-refractivity contribution < 1.29 is 15.0 Å². The van der Waals surface area contributed by atoms with Gasteiger partial charge in [0.25, 0.3) is 0 Å². The van der Waals surface area contributed by atoms with Crippen molar-refractivity contribution in [2.45, 2.75) is 72.1 Å². The molecule has 4 N–H and O–H groups in total. The van der Waals surface area contributed by atoms with Crippen LogP contribution in [0.25, 0.3) is 12.2 Å². The quantitative estimate of drug-likeness (QED) is 0.359. The van der Waals surface area contributed by atoms with E-state index in [1.54, 1.807) is 12.1 Å². The molecule has 1 aliphatic rings. The molecule has 0 aromatic heterocycles. The van der Waals surface area contributed by atoms with Gasteiger partial charge in [-0.1, -0.05) is 39.8 Å². The van der Waals surface area contributed by atoms with Crippen molar-refractivity contribution in [3.05, 3.63) is 69.8 Å². The number of carbonyl (C=O) groups is 1. The summed E-state index contributed by atoms with van der Waals surface area (Å²) in [7, 11) is 0. The number of ketones is 1. The summed E-state index contributed by atoms with van der Waals surface area (Å²) in [4.78, 5) is 13.2. The fraction of sp³-hybridized carbons (Fsp3) is 0.393. The maximum atomic E-state index is 13.2. The van der Waals surface area contributed by atoms with Crippen LogP contribution >= 0.6 is 12.4 Å². The molecule has 0 saturated heterocycles. The highest BCUT2D eigenvalue weighted by Crippen LogP contribution is 2.30. The van der Waals surface area contributed by atoms with Crippen LogP contribution in [0.15, 0.2) is 47.5 Å². The van der Waals surface area contributed by atoms with Crippen LogP contribution in [0, 0.1) is 0 Å². The van der Waals surface area contributed by atoms with Crippen molar-refractivity contribution in [3.8, 4) is 11.5 Å². The van der Waals surface area contributed by atoms with Gasteiger partial charge in [0.2, 0.25) is 0 Å². The van der Waals surface area contributed by atoms with E-state index in [4.69, 9.17) is 0 Å². The lowest BCUT2D eigenvalue weighted by Crippen LogP contribution is -2.21. The van der Waals surface area contributed by atoms with Crippen LogP contribution in [0.1, 0.15) is 69.2 Å². The van der Waals surface area contributed by atoms with E-state index in [0.717, 1.165) is 52.7 Å². The van der Waals surface area contributed by atoms with E-state index in [0.29, 0.717) is 25.2 Å². The number of rotatable bonds is 8. The van der Waals surface area contributed by atoms with Crippen LogP contribution < -0.4 is 10.6 Å². The van der Waals surface area contributed by atoms with Gasteiger partial charge in [0.05, 0.1) is 0 Å². The lowest BCUT2D eigenvalue weighted by Gasteiger charge is -2.17. The molecule has 1 fully saturated rings. The molecule has 0 heterocycles. The minimum Gasteiger partial charge on any atom is -0.508 e. The van der Waals surface area contributed by atoms with E-state index in [2.05, 4.69) is 38.3 Å². The average Bonchev–Trinajstić information content (AvgIpc) is 2.77. The molecule has 0 atom stereocenters. The number of phenolic OH excluding ortho intramolecular Hbond substituents is 2. The third kappa shape index (κ3) is 7.73. The fourth-order valence-corrected chi connectivity index (χ4v) is 3.88. The smallest absolute Gasteiger partial charge is 0.185 e. The molecule has 2 aromatic carbocycles. The lowest BCUT2D eigenvalue weighted by atomic mass is 9.86. The first-order valence-corrected chi connectivity index (χ1v) is 11.8. The van der Waals surface area contributed by atoms with Crippen molar-refractivity contribution in [1.82, 2.24) is 10.6 Å². The van der Waals surface area contributed by atoms with Gasteiger partial charge in [0.15, 0.2) is 5.78 Å². The van der Waals surface area contributed by atoms with Crippen molar-refractivity contribution >= 4 is 30.3 Å². The summed E-state index contributed by atoms with van der Waals surface area (Å²) in [6.07, 6.45) is 6.31. The molecule has 0 bridgehead atoms. The van der Waals surface area contributed by atoms with Gasteiger partial charge in [-0.3, -0.25) is 4.79 Å². The van der Waals surface area contributed by atoms with Crippen LogP contribution in [-0.2, 0) is 17.9 Å². The van der Waals surface area contributed by atoms with Crippen molar-refractivity contribution in [3.63, 3.8) is 0 Å². The fourth-order valence-electron chi connectivity index (χ4n) is 3.88. The lowest BCUT2D eigenvalue weighted by molar-refractivity contribution is -0.112. The topological polar surface area (TPSA) is 81.6 Å². The Morgan fingerprint density at radius 1 is 0.794 bits per heavy atom. The largest absolute Gasteiger partial charge is 0.508 e. The number of Topliss-reactive ketones (excluding diaryl/α,β-unsaturated/α-hetero) is 1. The molecule has 0 amide bonds. The summed E-state index contributed by atoms with van der Waals surface area (Å²) in [6.45, 7) is 9.41. The zero-order valence-corrected chi connectivity index (χ0v) is 21.3. The second-order valence-electron chi connectivity index (χ2n) is 9.37. The molecule has 5 nitrogen and oxygen atoms in total. The minimum atomic E-state index is 0. The Bertz CT molecular complexity index is 976. The molecule has 0 spiro atoms. The van der Waals surface area contributed by atoms with Gasteiger partial charge >= 0.3 is 0 Å². The second-order valence-corrected chi connectivity index (χ2v) is 9.37. The third-order valence-corrected chi connectivity index (χ3v) is 5.77. The number of halogens is 1. The number of nitrogens with one attached hydrogen (secondary N) is 2. The van der Waals surface area contributed by atoms with Gasteiger partial charge < -0.3 is 20.8 Å². The molecular formula is C28H37ClN2O3. The highest BCUT2D eigenvalue weighted by atomic mass is 35.5. The van der Waals surface area contributed by atoms with E-state index >= 15 is 0 Å². The summed E-state index contributed by atoms with van der Waals surface area (Å²) in [5.41, 5.74) is 5.07. The van der Waals surface area contributed by atoms with Gasteiger partial charge in [0.1, 0.15) is 11.5 Å². The third-order valence-electron chi connectivity index (χ3n) is 5.77. The summed E-state index contributed by atoms with van der Waals surface area (Å²) in [5.74, 6) is 0.595. The molecule has 1 aliphatic carbocycles. The number of phenols is 2. The zero-order chi connectivity index (χ0) is 24.0. The predicted molar refractivity (Wildman–Crippen MR) is 142 cm³/mol. The van der Waals surface area contributed by atoms with Crippen LogP contribution in [0.5, 0.6) is 11.5 Å². The number of hydrogen-bond donors (Lipinski definition) is 4. The maximum absolute atomic E-state index is 13.2. The van der Waals surface area contributed by atoms with E-state index in [1.165, 1.54) is 0 Å². The molecular weight excluding hydrogens is 448 g/mol. The highest BCUT2D eigenvalue weighted by molar-refractivity contribution is 6.14. The molecule has 184 valence electrons. The van der Waals surface area contributed by atoms with Gasteiger partial charge in [-0.2, -0.15) is 0 Å². The standard InChI is InChI=1S/C28H36N2O3.ClH/c1-18(2)29-16-24-14-20(8-10-26(24)31)12-22-6-5-7-23(28(22)33)13-21-9-11-27(32)25(15-21)17-30-19(3)4;/h8-15,18-19,29-32H,5-7,16-17H2,1-4H3;1H/b22-12+,23-13+;. The molecule has 0 radical (unpaired) electrons. The Balaban J connectivity index is 0.00000408. The Hall–Kier alpha value is -2.60. The minimum absolute atomic E-state index is 0. The van der Waals surface area contributed by atoms with E-state index in [9.17, 15) is 15.0 Å². The monoisotopic (exact) mass is 484 g/mol.